The fourth-order valence-electron chi connectivity index (χ4n) is 3.05. The van der Waals surface area contributed by atoms with Crippen LogP contribution < -0.4 is 0 Å². The van der Waals surface area contributed by atoms with Gasteiger partial charge in [-0.2, -0.15) is 0 Å². The Morgan fingerprint density at radius 3 is 2.47 bits per heavy atom. The molecule has 0 aromatic rings. The van der Waals surface area contributed by atoms with Crippen molar-refractivity contribution < 1.29 is 13.7 Å². The van der Waals surface area contributed by atoms with Crippen LogP contribution in [0.2, 0.25) is 0 Å². The molecule has 2 unspecified atom stereocenters. The van der Waals surface area contributed by atoms with Crippen LogP contribution in [0.5, 0.6) is 0 Å². The Balaban J connectivity index is 1.76. The first-order valence-corrected chi connectivity index (χ1v) is 7.91. The van der Waals surface area contributed by atoms with Crippen LogP contribution in [0.1, 0.15) is 44.9 Å². The minimum absolute atomic E-state index is 0.202. The zero-order valence-electron chi connectivity index (χ0n) is 10.5. The minimum Gasteiger partial charge on any atom is -0.385 e. The first kappa shape index (κ1) is 13.2. The molecule has 0 aromatic heterocycles. The molecule has 98 valence electrons. The fourth-order valence-corrected chi connectivity index (χ4v) is 5.17. The van der Waals surface area contributed by atoms with E-state index >= 15 is 0 Å². The van der Waals surface area contributed by atoms with Crippen molar-refractivity contribution in [3.63, 3.8) is 0 Å². The third-order valence-corrected chi connectivity index (χ3v) is 6.21. The van der Waals surface area contributed by atoms with Gasteiger partial charge in [-0.3, -0.25) is 9.00 Å². The highest BCUT2D eigenvalue weighted by Gasteiger charge is 2.42. The second kappa shape index (κ2) is 6.10. The Labute approximate surface area is 106 Å². The standard InChI is InChI=1S/C13H22O3S/c1-16-7-3-2-4-13(14)10-8-11-5-6-12(9-10)17(11)15/h10-12H,2-9H2,1H3. The van der Waals surface area contributed by atoms with Gasteiger partial charge in [-0.25, -0.2) is 0 Å². The molecule has 2 rings (SSSR count). The lowest BCUT2D eigenvalue weighted by Gasteiger charge is -2.26. The van der Waals surface area contributed by atoms with Crippen LogP contribution in [0.25, 0.3) is 0 Å². The zero-order chi connectivity index (χ0) is 12.3. The highest BCUT2D eigenvalue weighted by atomic mass is 32.2. The molecule has 0 N–H and O–H groups in total. The summed E-state index contributed by atoms with van der Waals surface area (Å²) in [4.78, 5) is 12.0. The van der Waals surface area contributed by atoms with E-state index in [4.69, 9.17) is 4.74 Å². The number of hydrogen-bond acceptors (Lipinski definition) is 3. The topological polar surface area (TPSA) is 43.4 Å². The summed E-state index contributed by atoms with van der Waals surface area (Å²) in [5, 5.41) is 0.642. The molecule has 0 amide bonds. The minimum atomic E-state index is -0.637. The van der Waals surface area contributed by atoms with E-state index < -0.39 is 10.8 Å². The van der Waals surface area contributed by atoms with Gasteiger partial charge in [-0.15, -0.1) is 0 Å². The van der Waals surface area contributed by atoms with Crippen LogP contribution >= 0.6 is 0 Å². The SMILES string of the molecule is COCCCCC(=O)C1CC2CCC(C1)S2=O. The molecule has 0 saturated carbocycles. The van der Waals surface area contributed by atoms with E-state index in [0.717, 1.165) is 45.1 Å². The number of carbonyl (C=O) groups excluding carboxylic acids is 1. The van der Waals surface area contributed by atoms with Gasteiger partial charge in [0.25, 0.3) is 0 Å². The Bertz CT molecular complexity index is 287. The summed E-state index contributed by atoms with van der Waals surface area (Å²) in [5.74, 6) is 0.599. The predicted molar refractivity (Wildman–Crippen MR) is 68.4 cm³/mol. The summed E-state index contributed by atoms with van der Waals surface area (Å²) < 4.78 is 16.8. The molecule has 2 aliphatic rings. The number of rotatable bonds is 6. The normalized spacial score (nSPS) is 36.1. The van der Waals surface area contributed by atoms with E-state index in [1.165, 1.54) is 0 Å². The maximum Gasteiger partial charge on any atom is 0.136 e. The number of ether oxygens (including phenoxy) is 1. The number of unbranched alkanes of at least 4 members (excludes halogenated alkanes) is 1. The molecule has 2 heterocycles. The molecule has 2 atom stereocenters. The maximum atomic E-state index is 12.0. The van der Waals surface area contributed by atoms with Crippen molar-refractivity contribution in [3.8, 4) is 0 Å². The zero-order valence-corrected chi connectivity index (χ0v) is 11.3. The van der Waals surface area contributed by atoms with E-state index in [-0.39, 0.29) is 5.92 Å². The van der Waals surface area contributed by atoms with Gasteiger partial charge in [0.15, 0.2) is 0 Å². The molecular formula is C13H22O3S. The molecule has 17 heavy (non-hydrogen) atoms. The molecule has 2 fully saturated rings. The highest BCUT2D eigenvalue weighted by molar-refractivity contribution is 7.86. The van der Waals surface area contributed by atoms with Gasteiger partial charge in [0, 0.05) is 47.4 Å². The van der Waals surface area contributed by atoms with Gasteiger partial charge >= 0.3 is 0 Å². The first-order chi connectivity index (χ1) is 8.22. The molecule has 3 nitrogen and oxygen atoms in total. The van der Waals surface area contributed by atoms with E-state index in [2.05, 4.69) is 0 Å². The Morgan fingerprint density at radius 1 is 1.24 bits per heavy atom. The predicted octanol–water partition coefficient (Wildman–Crippen LogP) is 2.06. The van der Waals surface area contributed by atoms with Crippen LogP contribution in [0, 0.1) is 5.92 Å². The lowest BCUT2D eigenvalue weighted by molar-refractivity contribution is -0.123. The summed E-state index contributed by atoms with van der Waals surface area (Å²) in [5.41, 5.74) is 0. The van der Waals surface area contributed by atoms with Gasteiger partial charge in [-0.1, -0.05) is 0 Å². The van der Waals surface area contributed by atoms with Gasteiger partial charge in [0.2, 0.25) is 0 Å². The van der Waals surface area contributed by atoms with E-state index in [1.54, 1.807) is 7.11 Å². The van der Waals surface area contributed by atoms with Crippen molar-refractivity contribution in [2.75, 3.05) is 13.7 Å². The van der Waals surface area contributed by atoms with Crippen LogP contribution in [0.3, 0.4) is 0 Å². The molecule has 0 aromatic carbocycles. The van der Waals surface area contributed by atoms with Gasteiger partial charge < -0.3 is 4.74 Å². The number of hydrogen-bond donors (Lipinski definition) is 0. The first-order valence-electron chi connectivity index (χ1n) is 6.63. The molecule has 2 saturated heterocycles. The monoisotopic (exact) mass is 258 g/mol. The summed E-state index contributed by atoms with van der Waals surface area (Å²) >= 11 is 0. The molecule has 2 aliphatic heterocycles. The van der Waals surface area contributed by atoms with Crippen molar-refractivity contribution in [1.29, 1.82) is 0 Å². The van der Waals surface area contributed by atoms with Gasteiger partial charge in [0.05, 0.1) is 0 Å². The molecule has 0 spiro atoms. The van der Waals surface area contributed by atoms with Crippen LogP contribution in [0.15, 0.2) is 0 Å². The van der Waals surface area contributed by atoms with Crippen molar-refractivity contribution in [2.45, 2.75) is 55.4 Å². The third kappa shape index (κ3) is 3.16. The maximum absolute atomic E-state index is 12.0. The van der Waals surface area contributed by atoms with E-state index in [0.29, 0.717) is 22.7 Å². The number of methoxy groups -OCH3 is 1. The Kier molecular flexibility index (Phi) is 4.74. The van der Waals surface area contributed by atoms with Crippen molar-refractivity contribution >= 4 is 16.6 Å². The van der Waals surface area contributed by atoms with Crippen molar-refractivity contribution in [1.82, 2.24) is 0 Å². The van der Waals surface area contributed by atoms with Gasteiger partial charge in [0.1, 0.15) is 5.78 Å². The molecular weight excluding hydrogens is 236 g/mol. The highest BCUT2D eigenvalue weighted by Crippen LogP contribution is 2.39. The van der Waals surface area contributed by atoms with Crippen LogP contribution in [-0.2, 0) is 20.3 Å². The second-order valence-corrected chi connectivity index (χ2v) is 7.22. The molecule has 0 radical (unpaired) electrons. The second-order valence-electron chi connectivity index (χ2n) is 5.23. The molecule has 0 aliphatic carbocycles. The summed E-state index contributed by atoms with van der Waals surface area (Å²) in [6.07, 6.45) is 6.49. The number of fused-ring (bicyclic) bond motifs is 2. The smallest absolute Gasteiger partial charge is 0.136 e. The largest absolute Gasteiger partial charge is 0.385 e. The third-order valence-electron chi connectivity index (χ3n) is 4.04. The van der Waals surface area contributed by atoms with E-state index in [9.17, 15) is 9.00 Å². The molecule has 4 heteroatoms. The van der Waals surface area contributed by atoms with E-state index in [1.807, 2.05) is 0 Å². The number of ketones is 1. The number of Topliss-reactive ketones (excluding diaryl/α,β-unsaturated/α-hetero) is 1. The van der Waals surface area contributed by atoms with Crippen LogP contribution in [-0.4, -0.2) is 34.2 Å². The Hall–Kier alpha value is -0.220. The van der Waals surface area contributed by atoms with Gasteiger partial charge in [-0.05, 0) is 38.5 Å². The average molecular weight is 258 g/mol. The summed E-state index contributed by atoms with van der Waals surface area (Å²) in [6.45, 7) is 0.743. The lowest BCUT2D eigenvalue weighted by Crippen LogP contribution is -2.32. The Morgan fingerprint density at radius 2 is 1.88 bits per heavy atom. The summed E-state index contributed by atoms with van der Waals surface area (Å²) in [7, 11) is 1.05. The van der Waals surface area contributed by atoms with Crippen molar-refractivity contribution in [2.24, 2.45) is 5.92 Å². The van der Waals surface area contributed by atoms with Crippen LogP contribution in [0.4, 0.5) is 0 Å². The van der Waals surface area contributed by atoms with Crippen molar-refractivity contribution in [3.05, 3.63) is 0 Å². The summed E-state index contributed by atoms with van der Waals surface area (Å²) in [6, 6.07) is 0. The average Bonchev–Trinajstić information content (AvgIpc) is 2.57. The number of carbonyl (C=O) groups is 1. The quantitative estimate of drug-likeness (QED) is 0.685. The fraction of sp³-hybridized carbons (Fsp3) is 0.923. The lowest BCUT2D eigenvalue weighted by atomic mass is 9.92. The molecule has 2 bridgehead atoms.